The van der Waals surface area contributed by atoms with Crippen LogP contribution in [0.2, 0.25) is 0 Å². The van der Waals surface area contributed by atoms with E-state index < -0.39 is 29.0 Å². The summed E-state index contributed by atoms with van der Waals surface area (Å²) in [5.41, 5.74) is 4.21. The summed E-state index contributed by atoms with van der Waals surface area (Å²) in [4.78, 5) is 0. The van der Waals surface area contributed by atoms with Crippen LogP contribution in [0.3, 0.4) is 0 Å². The molecule has 6 N–H and O–H groups in total. The van der Waals surface area contributed by atoms with Gasteiger partial charge >= 0.3 is 0 Å². The summed E-state index contributed by atoms with van der Waals surface area (Å²) in [6, 6.07) is 0. The zero-order chi connectivity index (χ0) is 9.30. The molecule has 1 rings (SSSR count). The second-order valence-electron chi connectivity index (χ2n) is 2.77. The van der Waals surface area contributed by atoms with Crippen LogP contribution in [0, 0.1) is 0 Å². The van der Waals surface area contributed by atoms with Gasteiger partial charge in [0, 0.05) is 11.8 Å². The quantitative estimate of drug-likeness (QED) is 0.316. The Balaban J connectivity index is 2.63. The van der Waals surface area contributed by atoms with Gasteiger partial charge in [-0.15, -0.1) is 11.8 Å². The molecule has 0 aromatic rings. The largest absolute Gasteiger partial charge is 0.389 e. The SMILES string of the molecule is NC[C@H]1SC(O)[C@H](O)[C@@H](O)[C@@H]1O. The Kier molecular flexibility index (Phi) is 3.33. The van der Waals surface area contributed by atoms with E-state index in [-0.39, 0.29) is 6.54 Å². The van der Waals surface area contributed by atoms with E-state index in [1.165, 1.54) is 0 Å². The monoisotopic (exact) mass is 195 g/mol. The van der Waals surface area contributed by atoms with Crippen LogP contribution in [0.4, 0.5) is 0 Å². The molecule has 5 nitrogen and oxygen atoms in total. The first-order chi connectivity index (χ1) is 5.57. The molecule has 0 spiro atoms. The van der Waals surface area contributed by atoms with Crippen LogP contribution in [-0.2, 0) is 0 Å². The maximum Gasteiger partial charge on any atom is 0.128 e. The van der Waals surface area contributed by atoms with Crippen molar-refractivity contribution >= 4 is 11.8 Å². The molecule has 1 heterocycles. The third kappa shape index (κ3) is 1.73. The van der Waals surface area contributed by atoms with Crippen molar-refractivity contribution < 1.29 is 20.4 Å². The zero-order valence-electron chi connectivity index (χ0n) is 6.37. The summed E-state index contributed by atoms with van der Waals surface area (Å²) in [5, 5.41) is 36.3. The van der Waals surface area contributed by atoms with Crippen molar-refractivity contribution in [1.82, 2.24) is 0 Å². The molecule has 0 amide bonds. The lowest BCUT2D eigenvalue weighted by Gasteiger charge is -2.37. The molecule has 0 radical (unpaired) electrons. The molecule has 1 aliphatic rings. The molecule has 1 saturated heterocycles. The summed E-state index contributed by atoms with van der Waals surface area (Å²) in [6.45, 7) is 0.159. The van der Waals surface area contributed by atoms with Gasteiger partial charge in [0.25, 0.3) is 0 Å². The van der Waals surface area contributed by atoms with E-state index >= 15 is 0 Å². The summed E-state index contributed by atoms with van der Waals surface area (Å²) >= 11 is 0.977. The lowest BCUT2D eigenvalue weighted by atomic mass is 10.0. The molecule has 72 valence electrons. The number of nitrogens with two attached hydrogens (primary N) is 1. The zero-order valence-corrected chi connectivity index (χ0v) is 7.18. The molecular weight excluding hydrogens is 182 g/mol. The van der Waals surface area contributed by atoms with E-state index in [1.54, 1.807) is 0 Å². The number of hydrogen-bond donors (Lipinski definition) is 5. The van der Waals surface area contributed by atoms with Crippen LogP contribution in [0.5, 0.6) is 0 Å². The highest BCUT2D eigenvalue weighted by Crippen LogP contribution is 2.30. The van der Waals surface area contributed by atoms with Crippen molar-refractivity contribution in [1.29, 1.82) is 0 Å². The van der Waals surface area contributed by atoms with E-state index in [2.05, 4.69) is 0 Å². The molecule has 5 atom stereocenters. The summed E-state index contributed by atoms with van der Waals surface area (Å²) < 4.78 is 0. The minimum atomic E-state index is -1.31. The van der Waals surface area contributed by atoms with E-state index in [1.807, 2.05) is 0 Å². The highest BCUT2D eigenvalue weighted by atomic mass is 32.2. The van der Waals surface area contributed by atoms with Gasteiger partial charge in [-0.25, -0.2) is 0 Å². The van der Waals surface area contributed by atoms with E-state index in [4.69, 9.17) is 15.9 Å². The summed E-state index contributed by atoms with van der Waals surface area (Å²) in [6.07, 6.45) is -3.68. The van der Waals surface area contributed by atoms with Crippen molar-refractivity contribution in [2.45, 2.75) is 29.0 Å². The fourth-order valence-corrected chi connectivity index (χ4v) is 2.24. The van der Waals surface area contributed by atoms with Crippen LogP contribution >= 0.6 is 11.8 Å². The van der Waals surface area contributed by atoms with Gasteiger partial charge in [-0.3, -0.25) is 0 Å². The summed E-state index contributed by atoms with van der Waals surface area (Å²) in [5.74, 6) is 0. The van der Waals surface area contributed by atoms with E-state index in [0.29, 0.717) is 0 Å². The molecule has 1 fully saturated rings. The number of aliphatic hydroxyl groups excluding tert-OH is 4. The molecule has 0 aromatic carbocycles. The fourth-order valence-electron chi connectivity index (χ4n) is 1.13. The number of hydrogen-bond acceptors (Lipinski definition) is 6. The molecule has 0 aromatic heterocycles. The molecule has 0 saturated carbocycles. The molecular formula is C6H13NO4S. The Morgan fingerprint density at radius 1 is 1.00 bits per heavy atom. The highest BCUT2D eigenvalue weighted by molar-refractivity contribution is 8.00. The van der Waals surface area contributed by atoms with Crippen LogP contribution in [0.1, 0.15) is 0 Å². The third-order valence-electron chi connectivity index (χ3n) is 1.92. The van der Waals surface area contributed by atoms with Gasteiger partial charge < -0.3 is 26.2 Å². The fraction of sp³-hybridized carbons (Fsp3) is 1.00. The molecule has 0 bridgehead atoms. The van der Waals surface area contributed by atoms with Gasteiger partial charge in [-0.05, 0) is 0 Å². The minimum absolute atomic E-state index is 0.159. The van der Waals surface area contributed by atoms with E-state index in [9.17, 15) is 10.2 Å². The molecule has 0 aliphatic carbocycles. The van der Waals surface area contributed by atoms with Gasteiger partial charge in [-0.2, -0.15) is 0 Å². The molecule has 6 heteroatoms. The average molecular weight is 195 g/mol. The first-order valence-corrected chi connectivity index (χ1v) is 4.60. The maximum absolute atomic E-state index is 9.30. The van der Waals surface area contributed by atoms with Crippen molar-refractivity contribution in [3.05, 3.63) is 0 Å². The number of rotatable bonds is 1. The van der Waals surface area contributed by atoms with E-state index in [0.717, 1.165) is 11.8 Å². The van der Waals surface area contributed by atoms with Gasteiger partial charge in [0.15, 0.2) is 0 Å². The predicted octanol–water partition coefficient (Wildman–Crippen LogP) is -2.54. The first-order valence-electron chi connectivity index (χ1n) is 3.65. The normalized spacial score (nSPS) is 49.2. The predicted molar refractivity (Wildman–Crippen MR) is 44.5 cm³/mol. The van der Waals surface area contributed by atoms with Crippen molar-refractivity contribution in [2.75, 3.05) is 6.54 Å². The van der Waals surface area contributed by atoms with Gasteiger partial charge in [-0.1, -0.05) is 0 Å². The second kappa shape index (κ2) is 3.91. The van der Waals surface area contributed by atoms with Crippen LogP contribution in [-0.4, -0.2) is 56.0 Å². The lowest BCUT2D eigenvalue weighted by molar-refractivity contribution is -0.0915. The molecule has 1 aliphatic heterocycles. The first kappa shape index (κ1) is 10.2. The van der Waals surface area contributed by atoms with Gasteiger partial charge in [0.2, 0.25) is 0 Å². The minimum Gasteiger partial charge on any atom is -0.389 e. The standard InChI is InChI=1S/C6H13NO4S/c7-1-2-3(8)4(9)5(10)6(11)12-2/h2-6,8-11H,1,7H2/t2-,3-,4+,5-,6?/m1/s1. The van der Waals surface area contributed by atoms with Gasteiger partial charge in [0.1, 0.15) is 17.6 Å². The Morgan fingerprint density at radius 2 is 1.58 bits per heavy atom. The Labute approximate surface area is 74.2 Å². The van der Waals surface area contributed by atoms with Crippen LogP contribution in [0.15, 0.2) is 0 Å². The van der Waals surface area contributed by atoms with Crippen molar-refractivity contribution in [3.63, 3.8) is 0 Å². The van der Waals surface area contributed by atoms with Crippen molar-refractivity contribution in [2.24, 2.45) is 5.73 Å². The maximum atomic E-state index is 9.30. The Morgan fingerprint density at radius 3 is 2.08 bits per heavy atom. The summed E-state index contributed by atoms with van der Waals surface area (Å²) in [7, 11) is 0. The van der Waals surface area contributed by atoms with Crippen molar-refractivity contribution in [3.8, 4) is 0 Å². The number of aliphatic hydroxyl groups is 4. The second-order valence-corrected chi connectivity index (χ2v) is 4.13. The smallest absolute Gasteiger partial charge is 0.128 e. The van der Waals surface area contributed by atoms with Crippen LogP contribution in [0.25, 0.3) is 0 Å². The Bertz CT molecular complexity index is 154. The molecule has 12 heavy (non-hydrogen) atoms. The lowest BCUT2D eigenvalue weighted by Crippen LogP contribution is -2.54. The van der Waals surface area contributed by atoms with Crippen LogP contribution < -0.4 is 5.73 Å². The average Bonchev–Trinajstić information content (AvgIpc) is 2.08. The third-order valence-corrected chi connectivity index (χ3v) is 3.30. The topological polar surface area (TPSA) is 107 Å². The highest BCUT2D eigenvalue weighted by Gasteiger charge is 2.41. The van der Waals surface area contributed by atoms with Gasteiger partial charge in [0.05, 0.1) is 6.10 Å². The Hall–Kier alpha value is 0.150. The number of thioether (sulfide) groups is 1. The molecule has 1 unspecified atom stereocenters.